The number of rotatable bonds is 6. The van der Waals surface area contributed by atoms with Gasteiger partial charge in [0.25, 0.3) is 0 Å². The Morgan fingerprint density at radius 1 is 1.14 bits per heavy atom. The summed E-state index contributed by atoms with van der Waals surface area (Å²) in [4.78, 5) is 11.9. The van der Waals surface area contributed by atoms with E-state index < -0.39 is 0 Å². The van der Waals surface area contributed by atoms with E-state index in [1.807, 2.05) is 61.5 Å². The third-order valence-corrected chi connectivity index (χ3v) is 3.24. The smallest absolute Gasteiger partial charge is 0.250 e. The lowest BCUT2D eigenvalue weighted by Gasteiger charge is -2.14. The number of para-hydroxylation sites is 1. The van der Waals surface area contributed by atoms with Gasteiger partial charge in [0.1, 0.15) is 6.61 Å². The first-order valence-corrected chi connectivity index (χ1v) is 6.95. The van der Waals surface area contributed by atoms with Crippen LogP contribution in [0.4, 0.5) is 5.69 Å². The molecule has 3 N–H and O–H groups in total. The van der Waals surface area contributed by atoms with Gasteiger partial charge in [-0.1, -0.05) is 48.5 Å². The maximum Gasteiger partial charge on any atom is 0.250 e. The van der Waals surface area contributed by atoms with Gasteiger partial charge in [-0.05, 0) is 24.1 Å². The Kier molecular flexibility index (Phi) is 5.49. The summed E-state index contributed by atoms with van der Waals surface area (Å²) < 4.78 is 5.59. The van der Waals surface area contributed by atoms with Gasteiger partial charge in [0.2, 0.25) is 5.91 Å². The first kappa shape index (κ1) is 15.2. The van der Waals surface area contributed by atoms with Crippen molar-refractivity contribution in [3.05, 3.63) is 65.7 Å². The summed E-state index contributed by atoms with van der Waals surface area (Å²) in [6, 6.07) is 17.3. The van der Waals surface area contributed by atoms with Crippen LogP contribution in [0.15, 0.2) is 54.6 Å². The van der Waals surface area contributed by atoms with Crippen molar-refractivity contribution < 1.29 is 9.53 Å². The summed E-state index contributed by atoms with van der Waals surface area (Å²) in [5.41, 5.74) is 8.33. The summed E-state index contributed by atoms with van der Waals surface area (Å²) >= 11 is 0. The molecule has 0 spiro atoms. The van der Waals surface area contributed by atoms with Gasteiger partial charge >= 0.3 is 0 Å². The van der Waals surface area contributed by atoms with Crippen molar-refractivity contribution in [3.8, 4) is 0 Å². The quantitative estimate of drug-likeness (QED) is 0.857. The van der Waals surface area contributed by atoms with Crippen molar-refractivity contribution in [2.75, 3.05) is 11.9 Å². The Bertz CT molecular complexity index is 584. The van der Waals surface area contributed by atoms with E-state index in [9.17, 15) is 4.79 Å². The largest absolute Gasteiger partial charge is 0.364 e. The lowest BCUT2D eigenvalue weighted by Crippen LogP contribution is -2.20. The van der Waals surface area contributed by atoms with Crippen LogP contribution in [0.5, 0.6) is 0 Å². The molecule has 1 amide bonds. The molecule has 0 aromatic heterocycles. The van der Waals surface area contributed by atoms with E-state index in [0.717, 1.165) is 16.8 Å². The predicted octanol–water partition coefficient (Wildman–Crippen LogP) is 2.86. The lowest BCUT2D eigenvalue weighted by molar-refractivity contribution is -0.122. The molecular formula is C17H20N2O2. The topological polar surface area (TPSA) is 64.3 Å². The van der Waals surface area contributed by atoms with Crippen molar-refractivity contribution in [1.29, 1.82) is 0 Å². The van der Waals surface area contributed by atoms with Gasteiger partial charge in [0.15, 0.2) is 0 Å². The number of hydrogen-bond donors (Lipinski definition) is 2. The second kappa shape index (κ2) is 7.57. The molecule has 21 heavy (non-hydrogen) atoms. The summed E-state index contributed by atoms with van der Waals surface area (Å²) in [6.07, 6.45) is -0.123. The Morgan fingerprint density at radius 3 is 2.52 bits per heavy atom. The molecule has 0 aliphatic carbocycles. The van der Waals surface area contributed by atoms with E-state index >= 15 is 0 Å². The number of benzene rings is 2. The molecule has 4 heteroatoms. The summed E-state index contributed by atoms with van der Waals surface area (Å²) in [7, 11) is 0. The molecule has 0 saturated carbocycles. The molecule has 0 saturated heterocycles. The number of hydrogen-bond acceptors (Lipinski definition) is 3. The molecule has 2 aromatic carbocycles. The summed E-state index contributed by atoms with van der Waals surface area (Å²) in [6.45, 7) is 2.32. The van der Waals surface area contributed by atoms with Crippen LogP contribution in [-0.4, -0.2) is 12.5 Å². The number of carbonyl (C=O) groups is 1. The van der Waals surface area contributed by atoms with Crippen molar-refractivity contribution in [3.63, 3.8) is 0 Å². The molecule has 1 unspecified atom stereocenters. The van der Waals surface area contributed by atoms with Crippen LogP contribution in [0.2, 0.25) is 0 Å². The van der Waals surface area contributed by atoms with Crippen molar-refractivity contribution in [1.82, 2.24) is 0 Å². The standard InChI is InChI=1S/C17H20N2O2/c1-13(14-7-3-2-4-8-14)21-12-17(20)19-16-10-6-5-9-15(16)11-18/h2-10,13H,11-12,18H2,1H3,(H,19,20). The first-order valence-electron chi connectivity index (χ1n) is 6.95. The fourth-order valence-corrected chi connectivity index (χ4v) is 2.03. The van der Waals surface area contributed by atoms with Gasteiger partial charge < -0.3 is 15.8 Å². The molecule has 0 radical (unpaired) electrons. The zero-order valence-corrected chi connectivity index (χ0v) is 12.1. The van der Waals surface area contributed by atoms with Gasteiger partial charge in [0, 0.05) is 12.2 Å². The Balaban J connectivity index is 1.88. The third kappa shape index (κ3) is 4.41. The highest BCUT2D eigenvalue weighted by Crippen LogP contribution is 2.17. The van der Waals surface area contributed by atoms with Gasteiger partial charge in [-0.3, -0.25) is 4.79 Å². The monoisotopic (exact) mass is 284 g/mol. The van der Waals surface area contributed by atoms with E-state index in [0.29, 0.717) is 6.54 Å². The second-order valence-electron chi connectivity index (χ2n) is 4.77. The average molecular weight is 284 g/mol. The van der Waals surface area contributed by atoms with Crippen molar-refractivity contribution in [2.45, 2.75) is 19.6 Å². The molecule has 0 bridgehead atoms. The third-order valence-electron chi connectivity index (χ3n) is 3.24. The molecule has 2 aromatic rings. The minimum absolute atomic E-state index is 0.00890. The molecular weight excluding hydrogens is 264 g/mol. The highest BCUT2D eigenvalue weighted by Gasteiger charge is 2.10. The van der Waals surface area contributed by atoms with E-state index in [4.69, 9.17) is 10.5 Å². The Labute approximate surface area is 124 Å². The van der Waals surface area contributed by atoms with Crippen LogP contribution >= 0.6 is 0 Å². The molecule has 1 atom stereocenters. The molecule has 0 aliphatic rings. The number of carbonyl (C=O) groups excluding carboxylic acids is 1. The van der Waals surface area contributed by atoms with Crippen LogP contribution in [0.3, 0.4) is 0 Å². The van der Waals surface area contributed by atoms with Gasteiger partial charge in [-0.15, -0.1) is 0 Å². The van der Waals surface area contributed by atoms with Crippen LogP contribution in [0.1, 0.15) is 24.2 Å². The highest BCUT2D eigenvalue weighted by atomic mass is 16.5. The fourth-order valence-electron chi connectivity index (χ4n) is 2.03. The summed E-state index contributed by atoms with van der Waals surface area (Å²) in [5, 5.41) is 2.82. The lowest BCUT2D eigenvalue weighted by atomic mass is 10.1. The average Bonchev–Trinajstić information content (AvgIpc) is 2.54. The predicted molar refractivity (Wildman–Crippen MR) is 83.8 cm³/mol. The highest BCUT2D eigenvalue weighted by molar-refractivity contribution is 5.92. The van der Waals surface area contributed by atoms with Gasteiger partial charge in [-0.2, -0.15) is 0 Å². The molecule has 0 aliphatic heterocycles. The van der Waals surface area contributed by atoms with Gasteiger partial charge in [0.05, 0.1) is 6.10 Å². The van der Waals surface area contributed by atoms with Crippen LogP contribution < -0.4 is 11.1 Å². The molecule has 0 heterocycles. The van der Waals surface area contributed by atoms with Crippen LogP contribution in [0, 0.1) is 0 Å². The van der Waals surface area contributed by atoms with E-state index in [1.54, 1.807) is 0 Å². The number of nitrogens with one attached hydrogen (secondary N) is 1. The zero-order valence-electron chi connectivity index (χ0n) is 12.1. The first-order chi connectivity index (χ1) is 10.2. The van der Waals surface area contributed by atoms with E-state index in [1.165, 1.54) is 0 Å². The van der Waals surface area contributed by atoms with Crippen LogP contribution in [0.25, 0.3) is 0 Å². The molecule has 4 nitrogen and oxygen atoms in total. The Morgan fingerprint density at radius 2 is 1.81 bits per heavy atom. The minimum atomic E-state index is -0.182. The number of ether oxygens (including phenoxy) is 1. The van der Waals surface area contributed by atoms with E-state index in [-0.39, 0.29) is 18.6 Å². The normalized spacial score (nSPS) is 11.9. The maximum absolute atomic E-state index is 11.9. The fraction of sp³-hybridized carbons (Fsp3) is 0.235. The second-order valence-corrected chi connectivity index (χ2v) is 4.77. The number of anilines is 1. The molecule has 0 fully saturated rings. The van der Waals surface area contributed by atoms with Crippen LogP contribution in [-0.2, 0) is 16.1 Å². The van der Waals surface area contributed by atoms with Crippen molar-refractivity contribution in [2.24, 2.45) is 5.73 Å². The summed E-state index contributed by atoms with van der Waals surface area (Å²) in [5.74, 6) is -0.182. The SMILES string of the molecule is CC(OCC(=O)Nc1ccccc1CN)c1ccccc1. The van der Waals surface area contributed by atoms with E-state index in [2.05, 4.69) is 5.32 Å². The zero-order chi connectivity index (χ0) is 15.1. The minimum Gasteiger partial charge on any atom is -0.364 e. The molecule has 110 valence electrons. The number of nitrogens with two attached hydrogens (primary N) is 1. The van der Waals surface area contributed by atoms with Gasteiger partial charge in [-0.25, -0.2) is 0 Å². The number of amides is 1. The maximum atomic E-state index is 11.9. The van der Waals surface area contributed by atoms with Crippen molar-refractivity contribution >= 4 is 11.6 Å². The Hall–Kier alpha value is -2.17. The molecule has 2 rings (SSSR count).